The van der Waals surface area contributed by atoms with Crippen molar-refractivity contribution in [3.63, 3.8) is 0 Å². The zero-order valence-corrected chi connectivity index (χ0v) is 7.49. The zero-order chi connectivity index (χ0) is 11.6. The van der Waals surface area contributed by atoms with Crippen molar-refractivity contribution >= 4 is 5.82 Å². The highest BCUT2D eigenvalue weighted by Crippen LogP contribution is 2.27. The van der Waals surface area contributed by atoms with Crippen molar-refractivity contribution in [1.29, 1.82) is 0 Å². The normalized spacial score (nSPS) is 10.4. The number of aromatic nitrogens is 1. The third kappa shape index (κ3) is 2.09. The molecular formula is C7H6F2N2O4. The lowest BCUT2D eigenvalue weighted by Crippen LogP contribution is -2.13. The number of ether oxygens (including phenoxy) is 1. The van der Waals surface area contributed by atoms with Crippen molar-refractivity contribution in [1.82, 2.24) is 4.98 Å². The molecule has 0 spiro atoms. The molecule has 0 saturated heterocycles. The molecular weight excluding hydrogens is 214 g/mol. The molecule has 1 N–H and O–H groups in total. The average Bonchev–Trinajstić information content (AvgIpc) is 2.16. The van der Waals surface area contributed by atoms with Crippen LogP contribution in [0.5, 0.6) is 5.75 Å². The summed E-state index contributed by atoms with van der Waals surface area (Å²) >= 11 is 0. The molecule has 1 rings (SSSR count). The fourth-order valence-electron chi connectivity index (χ4n) is 0.985. The number of rotatable bonds is 3. The van der Waals surface area contributed by atoms with Gasteiger partial charge in [-0.1, -0.05) is 0 Å². The fourth-order valence-corrected chi connectivity index (χ4v) is 0.985. The minimum absolute atomic E-state index is 0.393. The number of nitrogens with one attached hydrogen (secondary N) is 1. The van der Waals surface area contributed by atoms with Crippen molar-refractivity contribution in [2.45, 2.75) is 6.43 Å². The lowest BCUT2D eigenvalue weighted by atomic mass is 10.2. The number of halogens is 2. The standard InChI is InChI=1S/C7H6F2N2O4/c1-15-4-2-3(5(8)9)6(11(13)14)10-7(4)12/h2,5H,1H3,(H,10,12). The number of methoxy groups -OCH3 is 1. The van der Waals surface area contributed by atoms with Gasteiger partial charge in [-0.3, -0.25) is 0 Å². The maximum Gasteiger partial charge on any atom is 0.374 e. The first-order valence-electron chi connectivity index (χ1n) is 3.71. The summed E-state index contributed by atoms with van der Waals surface area (Å²) in [5.74, 6) is -1.41. The topological polar surface area (TPSA) is 85.2 Å². The van der Waals surface area contributed by atoms with Gasteiger partial charge in [0.15, 0.2) is 0 Å². The molecule has 6 nitrogen and oxygen atoms in total. The van der Waals surface area contributed by atoms with Crippen LogP contribution in [0.15, 0.2) is 10.9 Å². The van der Waals surface area contributed by atoms with Gasteiger partial charge in [0.1, 0.15) is 5.56 Å². The molecule has 0 saturated carbocycles. The SMILES string of the molecule is COc1cc(C(F)F)c([N+](=O)[O-])[nH]c1=O. The second kappa shape index (κ2) is 4.03. The Kier molecular flexibility index (Phi) is 2.98. The maximum absolute atomic E-state index is 12.4. The van der Waals surface area contributed by atoms with Gasteiger partial charge in [0.2, 0.25) is 5.75 Å². The molecule has 0 aromatic carbocycles. The summed E-state index contributed by atoms with van der Waals surface area (Å²) in [6.07, 6.45) is -3.06. The predicted octanol–water partition coefficient (Wildman–Crippen LogP) is 1.23. The van der Waals surface area contributed by atoms with E-state index in [1.54, 1.807) is 4.98 Å². The van der Waals surface area contributed by atoms with Gasteiger partial charge in [0, 0.05) is 6.07 Å². The number of hydrogen-bond acceptors (Lipinski definition) is 4. The van der Waals surface area contributed by atoms with E-state index in [2.05, 4.69) is 4.74 Å². The first-order chi connectivity index (χ1) is 6.97. The quantitative estimate of drug-likeness (QED) is 0.613. The van der Waals surface area contributed by atoms with E-state index in [-0.39, 0.29) is 0 Å². The number of alkyl halides is 2. The van der Waals surface area contributed by atoms with E-state index < -0.39 is 34.0 Å². The van der Waals surface area contributed by atoms with Gasteiger partial charge < -0.3 is 14.9 Å². The molecule has 15 heavy (non-hydrogen) atoms. The van der Waals surface area contributed by atoms with Crippen LogP contribution in [0.2, 0.25) is 0 Å². The van der Waals surface area contributed by atoms with E-state index in [1.807, 2.05) is 0 Å². The Morgan fingerprint density at radius 2 is 2.20 bits per heavy atom. The second-order valence-electron chi connectivity index (χ2n) is 2.53. The van der Waals surface area contributed by atoms with Gasteiger partial charge >= 0.3 is 11.4 Å². The number of H-pyrrole nitrogens is 1. The lowest BCUT2D eigenvalue weighted by Gasteiger charge is -2.04. The highest BCUT2D eigenvalue weighted by atomic mass is 19.3. The summed E-state index contributed by atoms with van der Waals surface area (Å²) in [5.41, 5.74) is -1.80. The van der Waals surface area contributed by atoms with Crippen LogP contribution in [0, 0.1) is 10.1 Å². The third-order valence-electron chi connectivity index (χ3n) is 1.65. The van der Waals surface area contributed by atoms with E-state index >= 15 is 0 Å². The molecule has 0 radical (unpaired) electrons. The smallest absolute Gasteiger partial charge is 0.374 e. The molecule has 0 aliphatic heterocycles. The van der Waals surface area contributed by atoms with E-state index in [0.29, 0.717) is 6.07 Å². The van der Waals surface area contributed by atoms with Crippen molar-refractivity contribution in [3.05, 3.63) is 32.1 Å². The van der Waals surface area contributed by atoms with Crippen molar-refractivity contribution < 1.29 is 18.4 Å². The molecule has 0 amide bonds. The van der Waals surface area contributed by atoms with Crippen LogP contribution in [0.1, 0.15) is 12.0 Å². The number of nitrogens with zero attached hydrogens (tertiary/aromatic N) is 1. The first-order valence-corrected chi connectivity index (χ1v) is 3.71. The second-order valence-corrected chi connectivity index (χ2v) is 2.53. The molecule has 1 aromatic rings. The minimum Gasteiger partial charge on any atom is -0.489 e. The molecule has 1 heterocycles. The first kappa shape index (κ1) is 11.1. The van der Waals surface area contributed by atoms with Gasteiger partial charge in [-0.15, -0.1) is 0 Å². The zero-order valence-electron chi connectivity index (χ0n) is 7.49. The minimum atomic E-state index is -3.06. The third-order valence-corrected chi connectivity index (χ3v) is 1.65. The van der Waals surface area contributed by atoms with Gasteiger partial charge in [0.25, 0.3) is 6.43 Å². The summed E-state index contributed by atoms with van der Waals surface area (Å²) in [4.78, 5) is 22.0. The number of nitro groups is 1. The monoisotopic (exact) mass is 220 g/mol. The molecule has 0 unspecified atom stereocenters. The van der Waals surface area contributed by atoms with Crippen LogP contribution in [0.3, 0.4) is 0 Å². The molecule has 0 atom stereocenters. The largest absolute Gasteiger partial charge is 0.489 e. The molecule has 82 valence electrons. The summed E-state index contributed by atoms with van der Waals surface area (Å²) in [6, 6.07) is 0.654. The average molecular weight is 220 g/mol. The van der Waals surface area contributed by atoms with E-state index in [0.717, 1.165) is 7.11 Å². The summed E-state index contributed by atoms with van der Waals surface area (Å²) in [5, 5.41) is 10.3. The van der Waals surface area contributed by atoms with Crippen molar-refractivity contribution in [3.8, 4) is 5.75 Å². The Morgan fingerprint density at radius 3 is 2.60 bits per heavy atom. The van der Waals surface area contributed by atoms with Gasteiger partial charge in [-0.05, 0) is 4.92 Å². The summed E-state index contributed by atoms with van der Waals surface area (Å²) in [7, 11) is 1.10. The van der Waals surface area contributed by atoms with Crippen LogP contribution in [-0.2, 0) is 0 Å². The Bertz CT molecular complexity index is 443. The van der Waals surface area contributed by atoms with E-state index in [1.165, 1.54) is 0 Å². The number of pyridine rings is 1. The van der Waals surface area contributed by atoms with Gasteiger partial charge in [-0.2, -0.15) is 4.98 Å². The fraction of sp³-hybridized carbons (Fsp3) is 0.286. The van der Waals surface area contributed by atoms with Crippen molar-refractivity contribution in [2.24, 2.45) is 0 Å². The predicted molar refractivity (Wildman–Crippen MR) is 45.2 cm³/mol. The molecule has 1 aromatic heterocycles. The maximum atomic E-state index is 12.4. The lowest BCUT2D eigenvalue weighted by molar-refractivity contribution is -0.391. The van der Waals surface area contributed by atoms with E-state index in [9.17, 15) is 23.7 Å². The number of hydrogen-bond donors (Lipinski definition) is 1. The molecule has 0 bridgehead atoms. The highest BCUT2D eigenvalue weighted by Gasteiger charge is 2.24. The number of aromatic amines is 1. The molecule has 0 aliphatic rings. The molecule has 8 heteroatoms. The summed E-state index contributed by atoms with van der Waals surface area (Å²) in [6.45, 7) is 0. The van der Waals surface area contributed by atoms with Crippen LogP contribution >= 0.6 is 0 Å². The van der Waals surface area contributed by atoms with Gasteiger partial charge in [-0.25, -0.2) is 13.6 Å². The molecule has 0 aliphatic carbocycles. The van der Waals surface area contributed by atoms with Crippen molar-refractivity contribution in [2.75, 3.05) is 7.11 Å². The van der Waals surface area contributed by atoms with Crippen LogP contribution < -0.4 is 10.3 Å². The van der Waals surface area contributed by atoms with Gasteiger partial charge in [0.05, 0.1) is 7.11 Å². The van der Waals surface area contributed by atoms with Crippen LogP contribution in [-0.4, -0.2) is 17.0 Å². The Labute approximate surface area is 81.6 Å². The van der Waals surface area contributed by atoms with E-state index in [4.69, 9.17) is 0 Å². The summed E-state index contributed by atoms with van der Waals surface area (Å²) < 4.78 is 29.2. The Morgan fingerprint density at radius 1 is 1.60 bits per heavy atom. The Hall–Kier alpha value is -1.99. The van der Waals surface area contributed by atoms with Crippen LogP contribution in [0.25, 0.3) is 0 Å². The Balaban J connectivity index is 3.46. The molecule has 0 fully saturated rings. The highest BCUT2D eigenvalue weighted by molar-refractivity contribution is 5.38. The van der Waals surface area contributed by atoms with Crippen LogP contribution in [0.4, 0.5) is 14.6 Å².